The van der Waals surface area contributed by atoms with E-state index in [1.807, 2.05) is 0 Å². The molecule has 0 saturated carbocycles. The first-order chi connectivity index (χ1) is 7.29. The van der Waals surface area contributed by atoms with Crippen LogP contribution in [0.5, 0.6) is 5.75 Å². The van der Waals surface area contributed by atoms with E-state index in [2.05, 4.69) is 4.74 Å². The minimum atomic E-state index is -4.40. The Bertz CT molecular complexity index is 402. The molecule has 0 aliphatic rings. The van der Waals surface area contributed by atoms with Crippen molar-refractivity contribution in [2.45, 2.75) is 13.1 Å². The fourth-order valence-electron chi connectivity index (χ4n) is 1.13. The number of hydrogen-bond acceptors (Lipinski definition) is 2. The SMILES string of the molecule is Cc1ccc(C(=N)N)c(OCC(F)(F)F)c1. The maximum absolute atomic E-state index is 12.0. The summed E-state index contributed by atoms with van der Waals surface area (Å²) in [6, 6.07) is 4.53. The van der Waals surface area contributed by atoms with Crippen molar-refractivity contribution in [1.82, 2.24) is 0 Å². The number of hydrogen-bond donors (Lipinski definition) is 2. The standard InChI is InChI=1S/C10H11F3N2O/c1-6-2-3-7(9(14)15)8(4-6)16-5-10(11,12)13/h2-4H,5H2,1H3,(H3,14,15). The van der Waals surface area contributed by atoms with E-state index in [1.165, 1.54) is 12.1 Å². The molecule has 16 heavy (non-hydrogen) atoms. The largest absolute Gasteiger partial charge is 0.483 e. The monoisotopic (exact) mass is 232 g/mol. The average Bonchev–Trinajstić information content (AvgIpc) is 2.13. The molecule has 0 aromatic heterocycles. The maximum atomic E-state index is 12.0. The van der Waals surface area contributed by atoms with E-state index in [0.29, 0.717) is 0 Å². The van der Waals surface area contributed by atoms with Gasteiger partial charge in [0, 0.05) is 0 Å². The molecule has 0 bridgehead atoms. The highest BCUT2D eigenvalue weighted by atomic mass is 19.4. The van der Waals surface area contributed by atoms with Gasteiger partial charge in [-0.05, 0) is 24.6 Å². The third kappa shape index (κ3) is 3.45. The minimum absolute atomic E-state index is 0.0233. The predicted molar refractivity (Wildman–Crippen MR) is 53.7 cm³/mol. The van der Waals surface area contributed by atoms with Gasteiger partial charge < -0.3 is 10.5 Å². The van der Waals surface area contributed by atoms with Crippen LogP contribution in [0, 0.1) is 12.3 Å². The Hall–Kier alpha value is -1.72. The molecule has 1 aromatic rings. The first-order valence-corrected chi connectivity index (χ1v) is 4.44. The van der Waals surface area contributed by atoms with Crippen molar-refractivity contribution in [2.75, 3.05) is 6.61 Å². The van der Waals surface area contributed by atoms with Gasteiger partial charge in [0.1, 0.15) is 11.6 Å². The smallest absolute Gasteiger partial charge is 0.422 e. The van der Waals surface area contributed by atoms with E-state index in [4.69, 9.17) is 11.1 Å². The molecule has 1 rings (SSSR count). The van der Waals surface area contributed by atoms with Crippen LogP contribution in [-0.2, 0) is 0 Å². The van der Waals surface area contributed by atoms with Crippen molar-refractivity contribution < 1.29 is 17.9 Å². The van der Waals surface area contributed by atoms with Crippen LogP contribution < -0.4 is 10.5 Å². The Kier molecular flexibility index (Phi) is 3.41. The van der Waals surface area contributed by atoms with Gasteiger partial charge in [0.2, 0.25) is 0 Å². The second kappa shape index (κ2) is 4.42. The van der Waals surface area contributed by atoms with Gasteiger partial charge >= 0.3 is 6.18 Å². The molecule has 0 unspecified atom stereocenters. The van der Waals surface area contributed by atoms with E-state index in [0.717, 1.165) is 5.56 Å². The number of nitrogens with one attached hydrogen (secondary N) is 1. The van der Waals surface area contributed by atoms with E-state index >= 15 is 0 Å². The zero-order valence-corrected chi connectivity index (χ0v) is 8.56. The summed E-state index contributed by atoms with van der Waals surface area (Å²) >= 11 is 0. The highest BCUT2D eigenvalue weighted by molar-refractivity contribution is 5.97. The Morgan fingerprint density at radius 1 is 1.44 bits per heavy atom. The molecule has 0 atom stereocenters. The van der Waals surface area contributed by atoms with Gasteiger partial charge in [-0.25, -0.2) is 0 Å². The van der Waals surface area contributed by atoms with Crippen LogP contribution in [0.25, 0.3) is 0 Å². The second-order valence-corrected chi connectivity index (χ2v) is 3.32. The fraction of sp³-hybridized carbons (Fsp3) is 0.300. The lowest BCUT2D eigenvalue weighted by Gasteiger charge is -2.13. The maximum Gasteiger partial charge on any atom is 0.422 e. The number of aryl methyl sites for hydroxylation is 1. The van der Waals surface area contributed by atoms with Gasteiger partial charge in [0.25, 0.3) is 0 Å². The summed E-state index contributed by atoms with van der Waals surface area (Å²) in [6.07, 6.45) is -4.40. The molecule has 1 aromatic carbocycles. The van der Waals surface area contributed by atoms with Crippen molar-refractivity contribution in [3.63, 3.8) is 0 Å². The third-order valence-corrected chi connectivity index (χ3v) is 1.82. The van der Waals surface area contributed by atoms with Crippen molar-refractivity contribution in [3.8, 4) is 5.75 Å². The van der Waals surface area contributed by atoms with Crippen molar-refractivity contribution >= 4 is 5.84 Å². The Labute approximate surface area is 90.5 Å². The van der Waals surface area contributed by atoms with Gasteiger partial charge in [0.15, 0.2) is 6.61 Å². The van der Waals surface area contributed by atoms with E-state index < -0.39 is 12.8 Å². The molecular formula is C10H11F3N2O. The molecule has 0 aliphatic carbocycles. The molecule has 88 valence electrons. The van der Waals surface area contributed by atoms with Gasteiger partial charge in [-0.15, -0.1) is 0 Å². The number of nitrogens with two attached hydrogens (primary N) is 1. The molecule has 0 saturated heterocycles. The molecule has 3 N–H and O–H groups in total. The molecule has 0 amide bonds. The lowest BCUT2D eigenvalue weighted by atomic mass is 10.1. The Morgan fingerprint density at radius 3 is 2.56 bits per heavy atom. The first-order valence-electron chi connectivity index (χ1n) is 4.44. The normalized spacial score (nSPS) is 11.2. The van der Waals surface area contributed by atoms with Crippen LogP contribution in [0.4, 0.5) is 13.2 Å². The van der Waals surface area contributed by atoms with Crippen LogP contribution in [0.15, 0.2) is 18.2 Å². The van der Waals surface area contributed by atoms with E-state index in [1.54, 1.807) is 13.0 Å². The number of alkyl halides is 3. The van der Waals surface area contributed by atoms with Crippen LogP contribution in [0.3, 0.4) is 0 Å². The van der Waals surface area contributed by atoms with Gasteiger partial charge in [-0.2, -0.15) is 13.2 Å². The number of nitrogen functional groups attached to an aromatic ring is 1. The van der Waals surface area contributed by atoms with Crippen LogP contribution in [0.1, 0.15) is 11.1 Å². The molecule has 0 aliphatic heterocycles. The quantitative estimate of drug-likeness (QED) is 0.620. The molecule has 0 fully saturated rings. The summed E-state index contributed by atoms with van der Waals surface area (Å²) in [5, 5.41) is 7.20. The Balaban J connectivity index is 2.93. The highest BCUT2D eigenvalue weighted by Crippen LogP contribution is 2.23. The topological polar surface area (TPSA) is 59.1 Å². The van der Waals surface area contributed by atoms with Gasteiger partial charge in [-0.3, -0.25) is 5.41 Å². The van der Waals surface area contributed by atoms with Gasteiger partial charge in [-0.1, -0.05) is 6.07 Å². The number of ether oxygens (including phenoxy) is 1. The summed E-state index contributed by atoms with van der Waals surface area (Å²) in [6.45, 7) is 0.321. The molecule has 0 radical (unpaired) electrons. The van der Waals surface area contributed by atoms with E-state index in [-0.39, 0.29) is 17.1 Å². The van der Waals surface area contributed by atoms with Gasteiger partial charge in [0.05, 0.1) is 5.56 Å². The molecule has 6 heteroatoms. The third-order valence-electron chi connectivity index (χ3n) is 1.82. The van der Waals surface area contributed by atoms with Crippen molar-refractivity contribution in [3.05, 3.63) is 29.3 Å². The molecular weight excluding hydrogens is 221 g/mol. The number of rotatable bonds is 3. The lowest BCUT2D eigenvalue weighted by Crippen LogP contribution is -2.21. The number of halogens is 3. The minimum Gasteiger partial charge on any atom is -0.483 e. The number of benzene rings is 1. The lowest BCUT2D eigenvalue weighted by molar-refractivity contribution is -0.153. The predicted octanol–water partition coefficient (Wildman–Crippen LogP) is 2.22. The molecule has 0 spiro atoms. The van der Waals surface area contributed by atoms with Crippen LogP contribution in [-0.4, -0.2) is 18.6 Å². The first kappa shape index (κ1) is 12.4. The van der Waals surface area contributed by atoms with Crippen LogP contribution >= 0.6 is 0 Å². The zero-order valence-electron chi connectivity index (χ0n) is 8.56. The summed E-state index contributed by atoms with van der Waals surface area (Å²) in [4.78, 5) is 0. The fourth-order valence-corrected chi connectivity index (χ4v) is 1.13. The zero-order chi connectivity index (χ0) is 12.3. The van der Waals surface area contributed by atoms with Crippen molar-refractivity contribution in [2.24, 2.45) is 5.73 Å². The molecule has 0 heterocycles. The van der Waals surface area contributed by atoms with E-state index in [9.17, 15) is 13.2 Å². The van der Waals surface area contributed by atoms with Crippen molar-refractivity contribution in [1.29, 1.82) is 5.41 Å². The summed E-state index contributed by atoms with van der Waals surface area (Å²) in [7, 11) is 0. The van der Waals surface area contributed by atoms with Crippen LogP contribution in [0.2, 0.25) is 0 Å². The summed E-state index contributed by atoms with van der Waals surface area (Å²) in [5.41, 5.74) is 6.13. The second-order valence-electron chi connectivity index (χ2n) is 3.32. The number of amidine groups is 1. The highest BCUT2D eigenvalue weighted by Gasteiger charge is 2.28. The summed E-state index contributed by atoms with van der Waals surface area (Å²) in [5.74, 6) is -0.345. The summed E-state index contributed by atoms with van der Waals surface area (Å²) < 4.78 is 40.5. The average molecular weight is 232 g/mol. The Morgan fingerprint density at radius 2 is 2.06 bits per heavy atom. The molecule has 3 nitrogen and oxygen atoms in total.